The van der Waals surface area contributed by atoms with E-state index < -0.39 is 0 Å². The van der Waals surface area contributed by atoms with Crippen LogP contribution in [0.15, 0.2) is 0 Å². The Balaban J connectivity index is 2.23. The van der Waals surface area contributed by atoms with E-state index in [0.29, 0.717) is 18.5 Å². The highest BCUT2D eigenvalue weighted by Gasteiger charge is 2.22. The van der Waals surface area contributed by atoms with Gasteiger partial charge in [-0.2, -0.15) is 0 Å². The van der Waals surface area contributed by atoms with E-state index in [1.54, 1.807) is 0 Å². The zero-order chi connectivity index (χ0) is 12.1. The lowest BCUT2D eigenvalue weighted by atomic mass is 10.1. The molecule has 4 nitrogen and oxygen atoms in total. The Hall–Kier alpha value is -0.610. The second-order valence-electron chi connectivity index (χ2n) is 5.23. The Morgan fingerprint density at radius 3 is 2.75 bits per heavy atom. The van der Waals surface area contributed by atoms with E-state index in [-0.39, 0.29) is 5.91 Å². The number of likely N-dealkylation sites (N-methyl/N-ethyl adjacent to an activating group) is 1. The Bertz CT molecular complexity index is 230. The number of hydrogen-bond donors (Lipinski definition) is 1. The molecule has 1 N–H and O–H groups in total. The second-order valence-corrected chi connectivity index (χ2v) is 5.23. The van der Waals surface area contributed by atoms with Gasteiger partial charge in [0.2, 0.25) is 5.91 Å². The van der Waals surface area contributed by atoms with Gasteiger partial charge in [-0.25, -0.2) is 0 Å². The third-order valence-electron chi connectivity index (χ3n) is 3.11. The predicted molar refractivity (Wildman–Crippen MR) is 66.4 cm³/mol. The zero-order valence-electron chi connectivity index (χ0n) is 11.0. The van der Waals surface area contributed by atoms with E-state index in [1.165, 1.54) is 6.42 Å². The van der Waals surface area contributed by atoms with Gasteiger partial charge >= 0.3 is 0 Å². The molecule has 1 aliphatic rings. The van der Waals surface area contributed by atoms with Crippen molar-refractivity contribution < 1.29 is 4.79 Å². The number of nitrogens with one attached hydrogen (secondary N) is 1. The normalized spacial score (nSPS) is 21.7. The SMILES string of the molecule is CC(C)NCC(=O)N(C)CC1CCN(C)C1. The molecule has 4 heteroatoms. The van der Waals surface area contributed by atoms with Crippen LogP contribution in [0, 0.1) is 5.92 Å². The van der Waals surface area contributed by atoms with E-state index >= 15 is 0 Å². The van der Waals surface area contributed by atoms with Gasteiger partial charge in [-0.15, -0.1) is 0 Å². The maximum absolute atomic E-state index is 11.8. The molecule has 0 bridgehead atoms. The van der Waals surface area contributed by atoms with Crippen molar-refractivity contribution in [1.82, 2.24) is 15.1 Å². The summed E-state index contributed by atoms with van der Waals surface area (Å²) in [6.07, 6.45) is 1.21. The minimum atomic E-state index is 0.197. The van der Waals surface area contributed by atoms with Crippen molar-refractivity contribution in [3.8, 4) is 0 Å². The molecule has 1 aliphatic heterocycles. The molecule has 1 unspecified atom stereocenters. The third-order valence-corrected chi connectivity index (χ3v) is 3.11. The number of likely N-dealkylation sites (tertiary alicyclic amines) is 1. The van der Waals surface area contributed by atoms with Crippen molar-refractivity contribution in [2.45, 2.75) is 26.3 Å². The van der Waals surface area contributed by atoms with Crippen LogP contribution in [0.5, 0.6) is 0 Å². The zero-order valence-corrected chi connectivity index (χ0v) is 11.0. The summed E-state index contributed by atoms with van der Waals surface area (Å²) >= 11 is 0. The van der Waals surface area contributed by atoms with Crippen LogP contribution in [0.2, 0.25) is 0 Å². The number of carbonyl (C=O) groups excluding carboxylic acids is 1. The molecular formula is C12H25N3O. The molecule has 0 saturated carbocycles. The van der Waals surface area contributed by atoms with Crippen LogP contribution < -0.4 is 5.32 Å². The lowest BCUT2D eigenvalue weighted by Gasteiger charge is -2.22. The molecule has 0 radical (unpaired) electrons. The van der Waals surface area contributed by atoms with Gasteiger partial charge < -0.3 is 15.1 Å². The summed E-state index contributed by atoms with van der Waals surface area (Å²) in [5.74, 6) is 0.848. The lowest BCUT2D eigenvalue weighted by Crippen LogP contribution is -2.40. The van der Waals surface area contributed by atoms with Crippen LogP contribution in [-0.2, 0) is 4.79 Å². The van der Waals surface area contributed by atoms with Crippen LogP contribution in [0.4, 0.5) is 0 Å². The minimum absolute atomic E-state index is 0.197. The predicted octanol–water partition coefficient (Wildman–Crippen LogP) is 0.395. The summed E-state index contributed by atoms with van der Waals surface area (Å²) in [6, 6.07) is 0.370. The summed E-state index contributed by atoms with van der Waals surface area (Å²) in [4.78, 5) is 16.0. The first-order chi connectivity index (χ1) is 7.49. The Morgan fingerprint density at radius 2 is 2.25 bits per heavy atom. The average molecular weight is 227 g/mol. The lowest BCUT2D eigenvalue weighted by molar-refractivity contribution is -0.129. The van der Waals surface area contributed by atoms with E-state index in [4.69, 9.17) is 0 Å². The first-order valence-electron chi connectivity index (χ1n) is 6.15. The molecule has 0 aliphatic carbocycles. The monoisotopic (exact) mass is 227 g/mol. The van der Waals surface area contributed by atoms with Gasteiger partial charge in [0, 0.05) is 26.2 Å². The van der Waals surface area contributed by atoms with Crippen molar-refractivity contribution in [3.05, 3.63) is 0 Å². The van der Waals surface area contributed by atoms with Crippen LogP contribution >= 0.6 is 0 Å². The molecule has 94 valence electrons. The van der Waals surface area contributed by atoms with Gasteiger partial charge in [-0.1, -0.05) is 13.8 Å². The van der Waals surface area contributed by atoms with Gasteiger partial charge in [-0.05, 0) is 25.9 Å². The molecule has 1 atom stereocenters. The molecular weight excluding hydrogens is 202 g/mol. The molecule has 1 amide bonds. The molecule has 0 aromatic rings. The number of hydrogen-bond acceptors (Lipinski definition) is 3. The van der Waals surface area contributed by atoms with Gasteiger partial charge in [0.05, 0.1) is 6.54 Å². The average Bonchev–Trinajstić information content (AvgIpc) is 2.60. The van der Waals surface area contributed by atoms with E-state index in [2.05, 4.69) is 31.1 Å². The summed E-state index contributed by atoms with van der Waals surface area (Å²) < 4.78 is 0. The Labute approximate surface area is 99.0 Å². The molecule has 1 fully saturated rings. The number of nitrogens with zero attached hydrogens (tertiary/aromatic N) is 2. The summed E-state index contributed by atoms with van der Waals surface area (Å²) in [7, 11) is 4.05. The van der Waals surface area contributed by atoms with Crippen LogP contribution in [0.3, 0.4) is 0 Å². The largest absolute Gasteiger partial charge is 0.344 e. The van der Waals surface area contributed by atoms with Gasteiger partial charge in [0.25, 0.3) is 0 Å². The number of rotatable bonds is 5. The highest BCUT2D eigenvalue weighted by molar-refractivity contribution is 5.77. The summed E-state index contributed by atoms with van der Waals surface area (Å²) in [6.45, 7) is 7.74. The fourth-order valence-corrected chi connectivity index (χ4v) is 2.09. The fraction of sp³-hybridized carbons (Fsp3) is 0.917. The minimum Gasteiger partial charge on any atom is -0.344 e. The molecule has 16 heavy (non-hydrogen) atoms. The van der Waals surface area contributed by atoms with Gasteiger partial charge in [0.15, 0.2) is 0 Å². The molecule has 1 saturated heterocycles. The molecule has 0 aromatic heterocycles. The Morgan fingerprint density at radius 1 is 1.56 bits per heavy atom. The Kier molecular flexibility index (Phi) is 5.22. The maximum atomic E-state index is 11.8. The van der Waals surface area contributed by atoms with Crippen molar-refractivity contribution in [2.75, 3.05) is 40.3 Å². The van der Waals surface area contributed by atoms with E-state index in [1.807, 2.05) is 11.9 Å². The fourth-order valence-electron chi connectivity index (χ4n) is 2.09. The van der Waals surface area contributed by atoms with E-state index in [0.717, 1.165) is 19.6 Å². The third kappa shape index (κ3) is 4.49. The molecule has 0 aromatic carbocycles. The van der Waals surface area contributed by atoms with Crippen molar-refractivity contribution in [2.24, 2.45) is 5.92 Å². The summed E-state index contributed by atoms with van der Waals surface area (Å²) in [5, 5.41) is 3.16. The smallest absolute Gasteiger partial charge is 0.236 e. The standard InChI is InChI=1S/C12H25N3O/c1-10(2)13-7-12(16)15(4)9-11-5-6-14(3)8-11/h10-11,13H,5-9H2,1-4H3. The number of carbonyl (C=O) groups is 1. The maximum Gasteiger partial charge on any atom is 0.236 e. The molecule has 1 rings (SSSR count). The van der Waals surface area contributed by atoms with Crippen molar-refractivity contribution in [1.29, 1.82) is 0 Å². The van der Waals surface area contributed by atoms with Gasteiger partial charge in [0.1, 0.15) is 0 Å². The first-order valence-corrected chi connectivity index (χ1v) is 6.15. The second kappa shape index (κ2) is 6.21. The van der Waals surface area contributed by atoms with Crippen LogP contribution in [0.25, 0.3) is 0 Å². The topological polar surface area (TPSA) is 35.6 Å². The summed E-state index contributed by atoms with van der Waals surface area (Å²) in [5.41, 5.74) is 0. The molecule has 1 heterocycles. The quantitative estimate of drug-likeness (QED) is 0.738. The van der Waals surface area contributed by atoms with Gasteiger partial charge in [-0.3, -0.25) is 4.79 Å². The highest BCUT2D eigenvalue weighted by atomic mass is 16.2. The molecule has 0 spiro atoms. The highest BCUT2D eigenvalue weighted by Crippen LogP contribution is 2.14. The van der Waals surface area contributed by atoms with Crippen molar-refractivity contribution in [3.63, 3.8) is 0 Å². The van der Waals surface area contributed by atoms with Crippen LogP contribution in [0.1, 0.15) is 20.3 Å². The first kappa shape index (κ1) is 13.5. The van der Waals surface area contributed by atoms with Crippen molar-refractivity contribution >= 4 is 5.91 Å². The van der Waals surface area contributed by atoms with Crippen LogP contribution in [-0.4, -0.2) is 62.0 Å². The number of amides is 1. The van der Waals surface area contributed by atoms with E-state index in [9.17, 15) is 4.79 Å².